The fourth-order valence-electron chi connectivity index (χ4n) is 7.97. The highest BCUT2D eigenvalue weighted by Crippen LogP contribution is 2.38. The first-order chi connectivity index (χ1) is 26.7. The van der Waals surface area contributed by atoms with Crippen LogP contribution in [0.1, 0.15) is 18.4 Å². The molecule has 2 nitrogen and oxygen atoms in total. The van der Waals surface area contributed by atoms with Crippen molar-refractivity contribution in [3.63, 3.8) is 0 Å². The van der Waals surface area contributed by atoms with Gasteiger partial charge in [-0.3, -0.25) is 0 Å². The van der Waals surface area contributed by atoms with Gasteiger partial charge in [-0.15, -0.1) is 0 Å². The summed E-state index contributed by atoms with van der Waals surface area (Å²) in [5.41, 5.74) is 12.1. The normalized spacial score (nSPS) is 12.7. The van der Waals surface area contributed by atoms with E-state index in [0.717, 1.165) is 52.0 Å². The second-order valence-electron chi connectivity index (χ2n) is 14.1. The van der Waals surface area contributed by atoms with E-state index in [1.165, 1.54) is 54.6 Å². The van der Waals surface area contributed by atoms with Crippen LogP contribution in [0.15, 0.2) is 194 Å². The molecule has 0 saturated heterocycles. The standard InChI is InChI=1S/C52H36N2/c1-3-14-35(15-4-1)37-18-12-22-42(31-37)51-34-50(36-16-5-2-6-17-36)53-52(54-51)43-23-13-21-40(32-43)38-19-11-20-39(30-38)41-28-29-48-46-26-8-7-24-44(46)45-25-9-10-27-47(45)49(48)33-41/h2-3,5-34H,1,4H2. The van der Waals surface area contributed by atoms with E-state index in [-0.39, 0.29) is 0 Å². The lowest BCUT2D eigenvalue weighted by molar-refractivity contribution is 1.04. The zero-order valence-electron chi connectivity index (χ0n) is 29.8. The summed E-state index contributed by atoms with van der Waals surface area (Å²) in [5.74, 6) is 0.708. The topological polar surface area (TPSA) is 25.8 Å². The molecule has 0 aliphatic heterocycles. The van der Waals surface area contributed by atoms with E-state index in [0.29, 0.717) is 5.82 Å². The van der Waals surface area contributed by atoms with Crippen LogP contribution in [0.3, 0.4) is 0 Å². The second-order valence-corrected chi connectivity index (χ2v) is 14.1. The van der Waals surface area contributed by atoms with Crippen molar-refractivity contribution in [2.45, 2.75) is 12.8 Å². The molecule has 0 bridgehead atoms. The number of nitrogens with zero attached hydrogens (tertiary/aromatic N) is 2. The van der Waals surface area contributed by atoms with Crippen molar-refractivity contribution in [1.82, 2.24) is 9.97 Å². The van der Waals surface area contributed by atoms with Crippen LogP contribution in [0.5, 0.6) is 0 Å². The Balaban J connectivity index is 1.05. The van der Waals surface area contributed by atoms with Gasteiger partial charge in [0.05, 0.1) is 11.4 Å². The van der Waals surface area contributed by atoms with Crippen LogP contribution in [-0.4, -0.2) is 9.97 Å². The third-order valence-electron chi connectivity index (χ3n) is 10.7. The molecule has 1 heterocycles. The monoisotopic (exact) mass is 688 g/mol. The minimum Gasteiger partial charge on any atom is -0.228 e. The fraction of sp³-hybridized carbons (Fsp3) is 0.0385. The van der Waals surface area contributed by atoms with Crippen molar-refractivity contribution in [2.75, 3.05) is 0 Å². The van der Waals surface area contributed by atoms with E-state index in [1.54, 1.807) is 0 Å². The Kier molecular flexibility index (Phi) is 8.00. The van der Waals surface area contributed by atoms with Crippen LogP contribution < -0.4 is 0 Å². The molecule has 0 spiro atoms. The lowest BCUT2D eigenvalue weighted by Crippen LogP contribution is -1.97. The van der Waals surface area contributed by atoms with Crippen molar-refractivity contribution in [3.05, 3.63) is 200 Å². The fourth-order valence-corrected chi connectivity index (χ4v) is 7.97. The van der Waals surface area contributed by atoms with Gasteiger partial charge in [-0.2, -0.15) is 0 Å². The molecule has 2 heteroatoms. The van der Waals surface area contributed by atoms with Gasteiger partial charge in [0.25, 0.3) is 0 Å². The first-order valence-electron chi connectivity index (χ1n) is 18.7. The molecule has 54 heavy (non-hydrogen) atoms. The van der Waals surface area contributed by atoms with Crippen molar-refractivity contribution in [2.24, 2.45) is 0 Å². The predicted octanol–water partition coefficient (Wildman–Crippen LogP) is 14.0. The molecule has 9 aromatic rings. The van der Waals surface area contributed by atoms with E-state index < -0.39 is 0 Å². The molecular weight excluding hydrogens is 653 g/mol. The minimum absolute atomic E-state index is 0.708. The average Bonchev–Trinajstić information content (AvgIpc) is 3.27. The lowest BCUT2D eigenvalue weighted by Gasteiger charge is -2.13. The third-order valence-corrected chi connectivity index (χ3v) is 10.7. The third kappa shape index (κ3) is 5.88. The van der Waals surface area contributed by atoms with Crippen molar-refractivity contribution in [3.8, 4) is 56.2 Å². The van der Waals surface area contributed by atoms with E-state index in [9.17, 15) is 0 Å². The summed E-state index contributed by atoms with van der Waals surface area (Å²) in [5, 5.41) is 7.71. The molecule has 1 aliphatic carbocycles. The molecule has 1 aliphatic rings. The number of hydrogen-bond acceptors (Lipinski definition) is 2. The zero-order valence-corrected chi connectivity index (χ0v) is 29.8. The molecule has 0 N–H and O–H groups in total. The molecular formula is C52H36N2. The quantitative estimate of drug-likeness (QED) is 0.163. The van der Waals surface area contributed by atoms with Crippen LogP contribution in [0.2, 0.25) is 0 Å². The molecule has 0 unspecified atom stereocenters. The summed E-state index contributed by atoms with van der Waals surface area (Å²) in [6, 6.07) is 63.2. The van der Waals surface area contributed by atoms with Crippen LogP contribution in [0.25, 0.3) is 94.0 Å². The van der Waals surface area contributed by atoms with Gasteiger partial charge < -0.3 is 0 Å². The minimum atomic E-state index is 0.708. The van der Waals surface area contributed by atoms with Crippen LogP contribution in [0, 0.1) is 0 Å². The molecule has 8 aromatic carbocycles. The maximum atomic E-state index is 5.21. The molecule has 0 amide bonds. The Labute approximate surface area is 315 Å². The second kappa shape index (κ2) is 13.6. The van der Waals surface area contributed by atoms with Gasteiger partial charge in [0.1, 0.15) is 0 Å². The first-order valence-corrected chi connectivity index (χ1v) is 18.7. The van der Waals surface area contributed by atoms with Crippen molar-refractivity contribution in [1.29, 1.82) is 0 Å². The maximum Gasteiger partial charge on any atom is 0.160 e. The van der Waals surface area contributed by atoms with Gasteiger partial charge in [-0.05, 0) is 109 Å². The maximum absolute atomic E-state index is 5.21. The molecule has 0 radical (unpaired) electrons. The number of benzene rings is 8. The van der Waals surface area contributed by atoms with Gasteiger partial charge >= 0.3 is 0 Å². The van der Waals surface area contributed by atoms with Gasteiger partial charge in [-0.1, -0.05) is 164 Å². The smallest absolute Gasteiger partial charge is 0.160 e. The Morgan fingerprint density at radius 3 is 1.44 bits per heavy atom. The van der Waals surface area contributed by atoms with E-state index in [1.807, 2.05) is 6.07 Å². The first kappa shape index (κ1) is 31.8. The number of aromatic nitrogens is 2. The van der Waals surface area contributed by atoms with E-state index in [4.69, 9.17) is 9.97 Å². The van der Waals surface area contributed by atoms with Gasteiger partial charge in [0.2, 0.25) is 0 Å². The van der Waals surface area contributed by atoms with E-state index in [2.05, 4.69) is 188 Å². The predicted molar refractivity (Wildman–Crippen MR) is 228 cm³/mol. The van der Waals surface area contributed by atoms with Crippen molar-refractivity contribution >= 4 is 37.9 Å². The Bertz CT molecular complexity index is 2900. The molecule has 1 aromatic heterocycles. The largest absolute Gasteiger partial charge is 0.228 e. The molecule has 254 valence electrons. The van der Waals surface area contributed by atoms with Crippen LogP contribution in [-0.2, 0) is 0 Å². The van der Waals surface area contributed by atoms with Crippen molar-refractivity contribution < 1.29 is 0 Å². The van der Waals surface area contributed by atoms with E-state index >= 15 is 0 Å². The summed E-state index contributed by atoms with van der Waals surface area (Å²) >= 11 is 0. The Hall–Kier alpha value is -6.90. The number of rotatable bonds is 6. The van der Waals surface area contributed by atoms with Gasteiger partial charge in [-0.25, -0.2) is 9.97 Å². The average molecular weight is 689 g/mol. The summed E-state index contributed by atoms with van der Waals surface area (Å²) in [7, 11) is 0. The van der Waals surface area contributed by atoms with Crippen LogP contribution in [0.4, 0.5) is 0 Å². The summed E-state index contributed by atoms with van der Waals surface area (Å²) in [6.07, 6.45) is 8.98. The Morgan fingerprint density at radius 2 is 0.796 bits per heavy atom. The van der Waals surface area contributed by atoms with Gasteiger partial charge in [0, 0.05) is 16.7 Å². The molecule has 10 rings (SSSR count). The number of allylic oxidation sites excluding steroid dienone is 4. The number of hydrogen-bond donors (Lipinski definition) is 0. The summed E-state index contributed by atoms with van der Waals surface area (Å²) in [6.45, 7) is 0. The number of fused-ring (bicyclic) bond motifs is 6. The lowest BCUT2D eigenvalue weighted by atomic mass is 9.91. The molecule has 0 fully saturated rings. The Morgan fingerprint density at radius 1 is 0.315 bits per heavy atom. The summed E-state index contributed by atoms with van der Waals surface area (Å²) in [4.78, 5) is 10.4. The summed E-state index contributed by atoms with van der Waals surface area (Å²) < 4.78 is 0. The van der Waals surface area contributed by atoms with Crippen LogP contribution >= 0.6 is 0 Å². The highest BCUT2D eigenvalue weighted by molar-refractivity contribution is 6.25. The highest BCUT2D eigenvalue weighted by atomic mass is 14.9. The zero-order chi connectivity index (χ0) is 35.8. The molecule has 0 saturated carbocycles. The molecule has 0 atom stereocenters. The highest BCUT2D eigenvalue weighted by Gasteiger charge is 2.14. The van der Waals surface area contributed by atoms with Gasteiger partial charge in [0.15, 0.2) is 5.82 Å². The SMILES string of the molecule is C1=CC(c2cccc(-c3cc(-c4ccccc4)nc(-c4cccc(-c5cccc(-c6ccc7c8ccccc8c8ccccc8c7c6)c5)c4)n3)c2)=CCC1.